The Morgan fingerprint density at radius 2 is 1.62 bits per heavy atom. The van der Waals surface area contributed by atoms with Gasteiger partial charge in [0.2, 0.25) is 5.91 Å². The summed E-state index contributed by atoms with van der Waals surface area (Å²) < 4.78 is 28.2. The van der Waals surface area contributed by atoms with Gasteiger partial charge in [-0.05, 0) is 48.9 Å². The highest BCUT2D eigenvalue weighted by Gasteiger charge is 2.19. The number of sulfonamides is 1. The Morgan fingerprint density at radius 1 is 0.938 bits per heavy atom. The lowest BCUT2D eigenvalue weighted by molar-refractivity contribution is -0.116. The normalized spacial score (nSPS) is 10.9. The highest BCUT2D eigenvalue weighted by molar-refractivity contribution is 7.92. The predicted molar refractivity (Wildman–Crippen MR) is 125 cm³/mol. The largest absolute Gasteiger partial charge is 0.352 e. The Morgan fingerprint density at radius 3 is 2.34 bits per heavy atom. The van der Waals surface area contributed by atoms with E-state index in [2.05, 4.69) is 15.4 Å². The van der Waals surface area contributed by atoms with E-state index in [1.54, 1.807) is 67.6 Å². The number of rotatable bonds is 8. The van der Waals surface area contributed by atoms with E-state index >= 15 is 0 Å². The van der Waals surface area contributed by atoms with E-state index in [-0.39, 0.29) is 40.4 Å². The van der Waals surface area contributed by atoms with E-state index < -0.39 is 10.0 Å². The lowest BCUT2D eigenvalue weighted by Gasteiger charge is -2.13. The molecule has 3 aromatic rings. The topological polar surface area (TPSA) is 104 Å². The van der Waals surface area contributed by atoms with Crippen molar-refractivity contribution < 1.29 is 18.0 Å². The summed E-state index contributed by atoms with van der Waals surface area (Å²) in [5.74, 6) is -0.627. The third-order valence-electron chi connectivity index (χ3n) is 4.55. The van der Waals surface area contributed by atoms with E-state index in [1.807, 2.05) is 6.07 Å². The summed E-state index contributed by atoms with van der Waals surface area (Å²) in [6.45, 7) is 1.80. The number of aryl methyl sites for hydroxylation is 1. The number of para-hydroxylation sites is 1. The van der Waals surface area contributed by atoms with Crippen molar-refractivity contribution in [2.24, 2.45) is 0 Å². The Bertz CT molecular complexity index is 1230. The van der Waals surface area contributed by atoms with Gasteiger partial charge in [0, 0.05) is 24.2 Å². The van der Waals surface area contributed by atoms with Crippen LogP contribution in [0.5, 0.6) is 0 Å². The molecular formula is C23H22ClN3O4S. The number of nitrogens with one attached hydrogen (secondary N) is 3. The molecule has 0 aromatic heterocycles. The molecule has 0 saturated carbocycles. The third-order valence-corrected chi connectivity index (χ3v) is 6.39. The maximum Gasteiger partial charge on any atom is 0.262 e. The molecule has 0 aliphatic carbocycles. The maximum atomic E-state index is 12.9. The van der Waals surface area contributed by atoms with E-state index in [9.17, 15) is 18.0 Å². The van der Waals surface area contributed by atoms with Crippen LogP contribution >= 0.6 is 11.6 Å². The van der Waals surface area contributed by atoms with Gasteiger partial charge in [-0.1, -0.05) is 48.0 Å². The van der Waals surface area contributed by atoms with Crippen LogP contribution in [0, 0.1) is 6.92 Å². The number of carbonyl (C=O) groups is 2. The lowest BCUT2D eigenvalue weighted by Crippen LogP contribution is -2.27. The van der Waals surface area contributed by atoms with Gasteiger partial charge in [-0.2, -0.15) is 0 Å². The van der Waals surface area contributed by atoms with Crippen LogP contribution in [-0.4, -0.2) is 26.8 Å². The molecule has 9 heteroatoms. The van der Waals surface area contributed by atoms with Crippen LogP contribution in [0.2, 0.25) is 5.02 Å². The smallest absolute Gasteiger partial charge is 0.262 e. The minimum Gasteiger partial charge on any atom is -0.352 e. The van der Waals surface area contributed by atoms with Crippen LogP contribution in [0.3, 0.4) is 0 Å². The van der Waals surface area contributed by atoms with Gasteiger partial charge in [-0.15, -0.1) is 0 Å². The fourth-order valence-electron chi connectivity index (χ4n) is 2.92. The maximum absolute atomic E-state index is 12.9. The zero-order chi connectivity index (χ0) is 23.1. The summed E-state index contributed by atoms with van der Waals surface area (Å²) in [6.07, 6.45) is 0.0341. The predicted octanol–water partition coefficient (Wildman–Crippen LogP) is 4.21. The molecule has 3 aromatic carbocycles. The van der Waals surface area contributed by atoms with E-state index in [4.69, 9.17) is 11.6 Å². The molecule has 0 spiro atoms. The fourth-order valence-corrected chi connectivity index (χ4v) is 4.51. The first-order valence-corrected chi connectivity index (χ1v) is 11.6. The molecule has 0 radical (unpaired) electrons. The summed E-state index contributed by atoms with van der Waals surface area (Å²) in [6, 6.07) is 19.8. The van der Waals surface area contributed by atoms with Crippen molar-refractivity contribution in [1.82, 2.24) is 5.32 Å². The highest BCUT2D eigenvalue weighted by atomic mass is 35.5. The van der Waals surface area contributed by atoms with Gasteiger partial charge in [0.25, 0.3) is 15.9 Å². The Kier molecular flexibility index (Phi) is 7.50. The monoisotopic (exact) mass is 471 g/mol. The average molecular weight is 472 g/mol. The Hall–Kier alpha value is -3.36. The number of halogens is 1. The van der Waals surface area contributed by atoms with Crippen LogP contribution in [-0.2, 0) is 14.8 Å². The van der Waals surface area contributed by atoms with Crippen molar-refractivity contribution in [1.29, 1.82) is 0 Å². The summed E-state index contributed by atoms with van der Waals surface area (Å²) in [5, 5.41) is 5.61. The standard InChI is InChI=1S/C23H22ClN3O4S/c1-16-11-12-18(15-21(16)32(30,31)27-20-10-6-5-9-19(20)24)26-22(28)13-14-25-23(29)17-7-3-2-4-8-17/h2-12,15,27H,13-14H2,1H3,(H,25,29)(H,26,28). The number of amides is 2. The molecule has 0 atom stereocenters. The first kappa shape index (κ1) is 23.3. The second kappa shape index (κ2) is 10.3. The molecule has 0 saturated heterocycles. The van der Waals surface area contributed by atoms with Crippen LogP contribution in [0.25, 0.3) is 0 Å². The molecule has 0 aliphatic rings. The third kappa shape index (κ3) is 6.09. The second-order valence-electron chi connectivity index (χ2n) is 6.99. The van der Waals surface area contributed by atoms with Crippen LogP contribution in [0.15, 0.2) is 77.7 Å². The molecule has 0 bridgehead atoms. The SMILES string of the molecule is Cc1ccc(NC(=O)CCNC(=O)c2ccccc2)cc1S(=O)(=O)Nc1ccccc1Cl. The van der Waals surface area contributed by atoms with Gasteiger partial charge in [0.1, 0.15) is 0 Å². The molecule has 3 N–H and O–H groups in total. The minimum atomic E-state index is -3.93. The molecule has 32 heavy (non-hydrogen) atoms. The minimum absolute atomic E-state index is 0.0209. The quantitative estimate of drug-likeness (QED) is 0.457. The molecule has 7 nitrogen and oxygen atoms in total. The zero-order valence-corrected chi connectivity index (χ0v) is 18.8. The number of benzene rings is 3. The van der Waals surface area contributed by atoms with Crippen LogP contribution in [0.4, 0.5) is 11.4 Å². The van der Waals surface area contributed by atoms with E-state index in [0.717, 1.165) is 0 Å². The average Bonchev–Trinajstić information content (AvgIpc) is 2.77. The highest BCUT2D eigenvalue weighted by Crippen LogP contribution is 2.26. The fraction of sp³-hybridized carbons (Fsp3) is 0.130. The molecule has 3 rings (SSSR count). The van der Waals surface area contributed by atoms with Crippen molar-refractivity contribution in [2.75, 3.05) is 16.6 Å². The first-order chi connectivity index (χ1) is 15.3. The van der Waals surface area contributed by atoms with Crippen molar-refractivity contribution in [3.63, 3.8) is 0 Å². The molecule has 0 unspecified atom stereocenters. The molecule has 166 valence electrons. The second-order valence-corrected chi connectivity index (χ2v) is 9.04. The van der Waals surface area contributed by atoms with Gasteiger partial charge in [0.05, 0.1) is 15.6 Å². The molecule has 2 amide bonds. The summed E-state index contributed by atoms with van der Waals surface area (Å²) >= 11 is 6.05. The molecule has 0 fully saturated rings. The summed E-state index contributed by atoms with van der Waals surface area (Å²) in [7, 11) is -3.93. The van der Waals surface area contributed by atoms with Gasteiger partial charge >= 0.3 is 0 Å². The van der Waals surface area contributed by atoms with Gasteiger partial charge in [-0.3, -0.25) is 14.3 Å². The summed E-state index contributed by atoms with van der Waals surface area (Å²) in [5.41, 5.74) is 1.61. The number of carbonyl (C=O) groups excluding carboxylic acids is 2. The van der Waals surface area contributed by atoms with Crippen LogP contribution < -0.4 is 15.4 Å². The van der Waals surface area contributed by atoms with Crippen molar-refractivity contribution in [3.8, 4) is 0 Å². The van der Waals surface area contributed by atoms with Gasteiger partial charge < -0.3 is 10.6 Å². The number of hydrogen-bond donors (Lipinski definition) is 3. The lowest BCUT2D eigenvalue weighted by atomic mass is 10.2. The molecule has 0 aliphatic heterocycles. The first-order valence-electron chi connectivity index (χ1n) is 9.77. The van der Waals surface area contributed by atoms with Crippen molar-refractivity contribution in [2.45, 2.75) is 18.2 Å². The van der Waals surface area contributed by atoms with Crippen molar-refractivity contribution >= 4 is 44.8 Å². The van der Waals surface area contributed by atoms with Gasteiger partial charge in [-0.25, -0.2) is 8.42 Å². The van der Waals surface area contributed by atoms with Gasteiger partial charge in [0.15, 0.2) is 0 Å². The van der Waals surface area contributed by atoms with E-state index in [1.165, 1.54) is 6.07 Å². The van der Waals surface area contributed by atoms with E-state index in [0.29, 0.717) is 16.8 Å². The number of anilines is 2. The molecule has 0 heterocycles. The summed E-state index contributed by atoms with van der Waals surface area (Å²) in [4.78, 5) is 24.3. The Labute approximate surface area is 191 Å². The van der Waals surface area contributed by atoms with Crippen LogP contribution in [0.1, 0.15) is 22.3 Å². The number of hydrogen-bond acceptors (Lipinski definition) is 4. The zero-order valence-electron chi connectivity index (χ0n) is 17.3. The molecular weight excluding hydrogens is 450 g/mol. The van der Waals surface area contributed by atoms with Crippen molar-refractivity contribution in [3.05, 3.63) is 88.9 Å². The Balaban J connectivity index is 1.63.